The van der Waals surface area contributed by atoms with Crippen LogP contribution in [0.25, 0.3) is 0 Å². The van der Waals surface area contributed by atoms with Crippen molar-refractivity contribution in [3.63, 3.8) is 0 Å². The van der Waals surface area contributed by atoms with Gasteiger partial charge in [0.1, 0.15) is 0 Å². The minimum absolute atomic E-state index is 0.136. The van der Waals surface area contributed by atoms with Crippen LogP contribution in [0.1, 0.15) is 63.7 Å². The molecule has 1 aromatic rings. The van der Waals surface area contributed by atoms with E-state index in [0.717, 1.165) is 31.7 Å². The summed E-state index contributed by atoms with van der Waals surface area (Å²) in [7, 11) is 0. The fraction of sp³-hybridized carbons (Fsp3) is 0.400. The van der Waals surface area contributed by atoms with Gasteiger partial charge in [-0.15, -0.1) is 0 Å². The highest BCUT2D eigenvalue weighted by atomic mass is 16.5. The van der Waals surface area contributed by atoms with Gasteiger partial charge >= 0.3 is 17.9 Å². The average molecular weight is 294 g/mol. The molecule has 0 atom stereocenters. The second-order valence-corrected chi connectivity index (χ2v) is 4.57. The zero-order valence-corrected chi connectivity index (χ0v) is 11.8. The molecule has 114 valence electrons. The third kappa shape index (κ3) is 4.91. The summed E-state index contributed by atoms with van der Waals surface area (Å²) in [5.41, 5.74) is -0.691. The predicted molar refractivity (Wildman–Crippen MR) is 74.8 cm³/mol. The van der Waals surface area contributed by atoms with Crippen molar-refractivity contribution in [2.75, 3.05) is 6.61 Å². The second kappa shape index (κ2) is 8.04. The Morgan fingerprint density at radius 3 is 2.29 bits per heavy atom. The number of rotatable bonds is 8. The lowest BCUT2D eigenvalue weighted by Gasteiger charge is -2.08. The number of aromatic carboxylic acids is 2. The van der Waals surface area contributed by atoms with E-state index in [1.54, 1.807) is 0 Å². The molecule has 1 rings (SSSR count). The van der Waals surface area contributed by atoms with Crippen molar-refractivity contribution < 1.29 is 29.3 Å². The van der Waals surface area contributed by atoms with Crippen molar-refractivity contribution >= 4 is 17.9 Å². The van der Waals surface area contributed by atoms with Crippen molar-refractivity contribution in [1.82, 2.24) is 0 Å². The van der Waals surface area contributed by atoms with E-state index in [-0.39, 0.29) is 23.3 Å². The molecule has 0 unspecified atom stereocenters. The van der Waals surface area contributed by atoms with Crippen LogP contribution in [0.5, 0.6) is 0 Å². The summed E-state index contributed by atoms with van der Waals surface area (Å²) in [6.45, 7) is 2.29. The van der Waals surface area contributed by atoms with Gasteiger partial charge in [0.2, 0.25) is 0 Å². The van der Waals surface area contributed by atoms with Crippen molar-refractivity contribution in [3.05, 3.63) is 34.9 Å². The zero-order valence-electron chi connectivity index (χ0n) is 11.8. The first kappa shape index (κ1) is 16.7. The molecule has 0 bridgehead atoms. The number of carbonyl (C=O) groups is 3. The van der Waals surface area contributed by atoms with Gasteiger partial charge in [0.15, 0.2) is 0 Å². The molecule has 0 aliphatic rings. The second-order valence-electron chi connectivity index (χ2n) is 4.57. The Balaban J connectivity index is 2.79. The minimum atomic E-state index is -1.36. The molecule has 6 heteroatoms. The van der Waals surface area contributed by atoms with E-state index in [0.29, 0.717) is 0 Å². The molecule has 0 aromatic heterocycles. The van der Waals surface area contributed by atoms with Crippen LogP contribution in [0.4, 0.5) is 0 Å². The van der Waals surface area contributed by atoms with E-state index in [9.17, 15) is 14.4 Å². The van der Waals surface area contributed by atoms with E-state index >= 15 is 0 Å². The van der Waals surface area contributed by atoms with E-state index in [2.05, 4.69) is 6.92 Å². The highest BCUT2D eigenvalue weighted by molar-refractivity contribution is 6.04. The maximum absolute atomic E-state index is 11.9. The number of esters is 1. The quantitative estimate of drug-likeness (QED) is 0.564. The number of benzene rings is 1. The molecule has 0 amide bonds. The van der Waals surface area contributed by atoms with Crippen LogP contribution in [-0.2, 0) is 4.74 Å². The van der Waals surface area contributed by atoms with Crippen molar-refractivity contribution in [2.45, 2.75) is 32.6 Å². The Hall–Kier alpha value is -2.37. The summed E-state index contributed by atoms with van der Waals surface area (Å²) in [5.74, 6) is -3.37. The predicted octanol–water partition coefficient (Wildman–Crippen LogP) is 2.82. The molecule has 0 radical (unpaired) electrons. The molecule has 0 spiro atoms. The lowest BCUT2D eigenvalue weighted by molar-refractivity contribution is 0.0486. The third-order valence-corrected chi connectivity index (χ3v) is 2.95. The molecular formula is C15H18O6. The van der Waals surface area contributed by atoms with Gasteiger partial charge in [-0.2, -0.15) is 0 Å². The van der Waals surface area contributed by atoms with Gasteiger partial charge in [-0.25, -0.2) is 14.4 Å². The topological polar surface area (TPSA) is 101 Å². The van der Waals surface area contributed by atoms with Crippen molar-refractivity contribution in [3.8, 4) is 0 Å². The SMILES string of the molecule is CCCCCCOC(=O)c1ccc(C(=O)O)cc1C(=O)O. The number of carboxylic acid groups (broad SMARTS) is 2. The van der Waals surface area contributed by atoms with E-state index in [4.69, 9.17) is 14.9 Å². The molecule has 0 fully saturated rings. The van der Waals surface area contributed by atoms with Crippen LogP contribution in [0.15, 0.2) is 18.2 Å². The van der Waals surface area contributed by atoms with Gasteiger partial charge in [0, 0.05) is 0 Å². The number of hydrogen-bond acceptors (Lipinski definition) is 4. The molecule has 0 aliphatic carbocycles. The normalized spacial score (nSPS) is 10.1. The molecule has 21 heavy (non-hydrogen) atoms. The summed E-state index contributed by atoms with van der Waals surface area (Å²) in [4.78, 5) is 33.8. The van der Waals surface area contributed by atoms with Crippen LogP contribution in [0, 0.1) is 0 Å². The van der Waals surface area contributed by atoms with E-state index in [1.807, 2.05) is 0 Å². The smallest absolute Gasteiger partial charge is 0.339 e. The highest BCUT2D eigenvalue weighted by Gasteiger charge is 2.19. The summed E-state index contributed by atoms with van der Waals surface area (Å²) in [6, 6.07) is 3.31. The molecule has 0 aliphatic heterocycles. The van der Waals surface area contributed by atoms with Crippen LogP contribution in [0.2, 0.25) is 0 Å². The van der Waals surface area contributed by atoms with E-state index < -0.39 is 17.9 Å². The number of carboxylic acids is 2. The summed E-state index contributed by atoms with van der Waals surface area (Å²) in [5, 5.41) is 17.9. The molecule has 1 aromatic carbocycles. The standard InChI is InChI=1S/C15H18O6/c1-2-3-4-5-8-21-15(20)11-7-6-10(13(16)17)9-12(11)14(18)19/h6-7,9H,2-5,8H2,1H3,(H,16,17)(H,18,19). The molecular weight excluding hydrogens is 276 g/mol. The summed E-state index contributed by atoms with van der Waals surface area (Å²) >= 11 is 0. The van der Waals surface area contributed by atoms with Gasteiger partial charge in [-0.1, -0.05) is 26.2 Å². The average Bonchev–Trinajstić information content (AvgIpc) is 2.46. The fourth-order valence-electron chi connectivity index (χ4n) is 1.80. The minimum Gasteiger partial charge on any atom is -0.478 e. The van der Waals surface area contributed by atoms with E-state index in [1.165, 1.54) is 12.1 Å². The van der Waals surface area contributed by atoms with Gasteiger partial charge in [0.05, 0.1) is 23.3 Å². The highest BCUT2D eigenvalue weighted by Crippen LogP contribution is 2.14. The van der Waals surface area contributed by atoms with Gasteiger partial charge in [0.25, 0.3) is 0 Å². The maximum Gasteiger partial charge on any atom is 0.339 e. The molecule has 0 saturated heterocycles. The number of hydrogen-bond donors (Lipinski definition) is 2. The largest absolute Gasteiger partial charge is 0.478 e. The Morgan fingerprint density at radius 1 is 1.00 bits per heavy atom. The van der Waals surface area contributed by atoms with Gasteiger partial charge in [-0.3, -0.25) is 0 Å². The van der Waals surface area contributed by atoms with Crippen molar-refractivity contribution in [1.29, 1.82) is 0 Å². The van der Waals surface area contributed by atoms with Crippen LogP contribution in [0.3, 0.4) is 0 Å². The number of unbranched alkanes of at least 4 members (excludes halogenated alkanes) is 3. The Labute approximate surface area is 122 Å². The summed E-state index contributed by atoms with van der Waals surface area (Å²) < 4.78 is 5.02. The molecule has 2 N–H and O–H groups in total. The zero-order chi connectivity index (χ0) is 15.8. The third-order valence-electron chi connectivity index (χ3n) is 2.95. The first-order valence-electron chi connectivity index (χ1n) is 6.75. The fourth-order valence-corrected chi connectivity index (χ4v) is 1.80. The van der Waals surface area contributed by atoms with Gasteiger partial charge in [-0.05, 0) is 24.6 Å². The summed E-state index contributed by atoms with van der Waals surface area (Å²) in [6.07, 6.45) is 3.77. The van der Waals surface area contributed by atoms with Crippen LogP contribution in [-0.4, -0.2) is 34.7 Å². The lowest BCUT2D eigenvalue weighted by atomic mass is 10.0. The van der Waals surface area contributed by atoms with Crippen LogP contribution >= 0.6 is 0 Å². The Bertz CT molecular complexity index is 535. The van der Waals surface area contributed by atoms with Crippen molar-refractivity contribution in [2.24, 2.45) is 0 Å². The maximum atomic E-state index is 11.9. The first-order chi connectivity index (χ1) is 9.97. The molecule has 0 saturated carbocycles. The lowest BCUT2D eigenvalue weighted by Crippen LogP contribution is -2.13. The monoisotopic (exact) mass is 294 g/mol. The van der Waals surface area contributed by atoms with Crippen LogP contribution < -0.4 is 0 Å². The number of ether oxygens (including phenoxy) is 1. The first-order valence-corrected chi connectivity index (χ1v) is 6.75. The number of carbonyl (C=O) groups excluding carboxylic acids is 1. The molecule has 6 nitrogen and oxygen atoms in total. The molecule has 0 heterocycles. The Morgan fingerprint density at radius 2 is 1.71 bits per heavy atom. The Kier molecular flexibility index (Phi) is 6.39. The van der Waals surface area contributed by atoms with Gasteiger partial charge < -0.3 is 14.9 Å².